The van der Waals surface area contributed by atoms with Crippen molar-refractivity contribution in [2.24, 2.45) is 0 Å². The first-order chi connectivity index (χ1) is 10.2. The van der Waals surface area contributed by atoms with E-state index >= 15 is 0 Å². The fraction of sp³-hybridized carbons (Fsp3) is 0.368. The maximum atomic E-state index is 6.13. The van der Waals surface area contributed by atoms with Crippen LogP contribution in [0.2, 0.25) is 5.02 Å². The van der Waals surface area contributed by atoms with Crippen molar-refractivity contribution in [2.75, 3.05) is 6.54 Å². The Balaban J connectivity index is 1.97. The van der Waals surface area contributed by atoms with Gasteiger partial charge in [-0.2, -0.15) is 0 Å². The van der Waals surface area contributed by atoms with E-state index in [9.17, 15) is 0 Å². The van der Waals surface area contributed by atoms with Gasteiger partial charge in [0.05, 0.1) is 0 Å². The van der Waals surface area contributed by atoms with Gasteiger partial charge in [0.2, 0.25) is 0 Å². The van der Waals surface area contributed by atoms with Crippen LogP contribution in [0.5, 0.6) is 0 Å². The molecule has 0 amide bonds. The Bertz CT molecular complexity index is 551. The third kappa shape index (κ3) is 4.87. The quantitative estimate of drug-likeness (QED) is 0.729. The third-order valence-corrected chi connectivity index (χ3v) is 4.26. The van der Waals surface area contributed by atoms with E-state index in [0.29, 0.717) is 6.04 Å². The minimum Gasteiger partial charge on any atom is -0.310 e. The Hall–Kier alpha value is -1.31. The molecule has 0 radical (unpaired) electrons. The fourth-order valence-electron chi connectivity index (χ4n) is 2.67. The SMILES string of the molecule is CCNC(CCCc1ccccc1)c1ccc(Cl)c(C)c1. The van der Waals surface area contributed by atoms with Gasteiger partial charge in [0, 0.05) is 11.1 Å². The molecule has 0 aliphatic heterocycles. The molecular weight excluding hydrogens is 278 g/mol. The lowest BCUT2D eigenvalue weighted by Gasteiger charge is -2.19. The van der Waals surface area contributed by atoms with E-state index in [1.54, 1.807) is 0 Å². The Labute approximate surface area is 133 Å². The molecule has 1 atom stereocenters. The molecule has 1 N–H and O–H groups in total. The zero-order valence-corrected chi connectivity index (χ0v) is 13.7. The lowest BCUT2D eigenvalue weighted by molar-refractivity contribution is 0.498. The van der Waals surface area contributed by atoms with Crippen molar-refractivity contribution >= 4 is 11.6 Å². The first-order valence-electron chi connectivity index (χ1n) is 7.74. The van der Waals surface area contributed by atoms with Crippen molar-refractivity contribution in [1.29, 1.82) is 0 Å². The number of halogens is 1. The predicted octanol–water partition coefficient (Wildman–Crippen LogP) is 5.32. The van der Waals surface area contributed by atoms with Gasteiger partial charge in [0.15, 0.2) is 0 Å². The summed E-state index contributed by atoms with van der Waals surface area (Å²) in [7, 11) is 0. The molecule has 2 heteroatoms. The second-order valence-electron chi connectivity index (χ2n) is 5.50. The van der Waals surface area contributed by atoms with E-state index in [1.165, 1.54) is 17.5 Å². The molecule has 0 aromatic heterocycles. The van der Waals surface area contributed by atoms with Crippen LogP contribution in [0.3, 0.4) is 0 Å². The lowest BCUT2D eigenvalue weighted by Crippen LogP contribution is -2.21. The van der Waals surface area contributed by atoms with Crippen molar-refractivity contribution in [2.45, 2.75) is 39.2 Å². The molecule has 0 heterocycles. The van der Waals surface area contributed by atoms with Gasteiger partial charge >= 0.3 is 0 Å². The van der Waals surface area contributed by atoms with Gasteiger partial charge < -0.3 is 5.32 Å². The van der Waals surface area contributed by atoms with Crippen molar-refractivity contribution in [3.05, 3.63) is 70.2 Å². The van der Waals surface area contributed by atoms with Crippen LogP contribution in [0.4, 0.5) is 0 Å². The standard InChI is InChI=1S/C19H24ClN/c1-3-21-19(17-12-13-18(20)15(2)14-17)11-7-10-16-8-5-4-6-9-16/h4-6,8-9,12-14,19,21H,3,7,10-11H2,1-2H3. The molecule has 1 unspecified atom stereocenters. The third-order valence-electron chi connectivity index (χ3n) is 3.84. The minimum absolute atomic E-state index is 0.412. The zero-order valence-electron chi connectivity index (χ0n) is 12.9. The van der Waals surface area contributed by atoms with Crippen molar-refractivity contribution < 1.29 is 0 Å². The predicted molar refractivity (Wildman–Crippen MR) is 92.0 cm³/mol. The van der Waals surface area contributed by atoms with Crippen LogP contribution in [0.25, 0.3) is 0 Å². The van der Waals surface area contributed by atoms with E-state index in [-0.39, 0.29) is 0 Å². The summed E-state index contributed by atoms with van der Waals surface area (Å²) in [5, 5.41) is 4.43. The first kappa shape index (κ1) is 16.1. The fourth-order valence-corrected chi connectivity index (χ4v) is 2.79. The highest BCUT2D eigenvalue weighted by Crippen LogP contribution is 2.24. The zero-order chi connectivity index (χ0) is 15.1. The van der Waals surface area contributed by atoms with E-state index in [0.717, 1.165) is 30.0 Å². The summed E-state index contributed by atoms with van der Waals surface area (Å²) >= 11 is 6.13. The summed E-state index contributed by atoms with van der Waals surface area (Å²) < 4.78 is 0. The van der Waals surface area contributed by atoms with Crippen LogP contribution in [0.1, 0.15) is 42.5 Å². The van der Waals surface area contributed by atoms with Gasteiger partial charge in [-0.3, -0.25) is 0 Å². The summed E-state index contributed by atoms with van der Waals surface area (Å²) in [5.74, 6) is 0. The Kier molecular flexibility index (Phi) is 6.28. The lowest BCUT2D eigenvalue weighted by atomic mass is 9.98. The van der Waals surface area contributed by atoms with Gasteiger partial charge in [0.1, 0.15) is 0 Å². The van der Waals surface area contributed by atoms with Gasteiger partial charge in [-0.15, -0.1) is 0 Å². The topological polar surface area (TPSA) is 12.0 Å². The van der Waals surface area contributed by atoms with E-state index in [1.807, 2.05) is 6.07 Å². The highest BCUT2D eigenvalue weighted by Gasteiger charge is 2.11. The average molecular weight is 302 g/mol. The van der Waals surface area contributed by atoms with Crippen LogP contribution in [0.15, 0.2) is 48.5 Å². The molecule has 0 saturated heterocycles. The molecule has 21 heavy (non-hydrogen) atoms. The Morgan fingerprint density at radius 3 is 2.52 bits per heavy atom. The van der Waals surface area contributed by atoms with E-state index in [2.05, 4.69) is 61.6 Å². The average Bonchev–Trinajstić information content (AvgIpc) is 2.50. The summed E-state index contributed by atoms with van der Waals surface area (Å²) in [4.78, 5) is 0. The molecule has 1 nitrogen and oxygen atoms in total. The highest BCUT2D eigenvalue weighted by atomic mass is 35.5. The monoisotopic (exact) mass is 301 g/mol. The summed E-state index contributed by atoms with van der Waals surface area (Å²) in [6.07, 6.45) is 3.46. The largest absolute Gasteiger partial charge is 0.310 e. The van der Waals surface area contributed by atoms with Crippen LogP contribution in [-0.2, 0) is 6.42 Å². The maximum absolute atomic E-state index is 6.13. The number of hydrogen-bond acceptors (Lipinski definition) is 1. The molecule has 2 aromatic carbocycles. The summed E-state index contributed by atoms with van der Waals surface area (Å²) in [6.45, 7) is 5.21. The maximum Gasteiger partial charge on any atom is 0.0435 e. The highest BCUT2D eigenvalue weighted by molar-refractivity contribution is 6.31. The molecule has 112 valence electrons. The molecule has 0 saturated carbocycles. The number of hydrogen-bond donors (Lipinski definition) is 1. The van der Waals surface area contributed by atoms with Gasteiger partial charge in [-0.05, 0) is 55.5 Å². The molecule has 2 aromatic rings. The van der Waals surface area contributed by atoms with Crippen LogP contribution in [-0.4, -0.2) is 6.54 Å². The number of aryl methyl sites for hydroxylation is 2. The van der Waals surface area contributed by atoms with Crippen molar-refractivity contribution in [1.82, 2.24) is 5.32 Å². The number of nitrogens with one attached hydrogen (secondary N) is 1. The second-order valence-corrected chi connectivity index (χ2v) is 5.90. The van der Waals surface area contributed by atoms with Crippen LogP contribution >= 0.6 is 11.6 Å². The van der Waals surface area contributed by atoms with E-state index < -0.39 is 0 Å². The van der Waals surface area contributed by atoms with E-state index in [4.69, 9.17) is 11.6 Å². The number of benzene rings is 2. The molecule has 2 rings (SSSR count). The normalized spacial score (nSPS) is 12.3. The minimum atomic E-state index is 0.412. The molecule has 0 fully saturated rings. The summed E-state index contributed by atoms with van der Waals surface area (Å²) in [5.41, 5.74) is 3.91. The second kappa shape index (κ2) is 8.21. The molecule has 0 spiro atoms. The molecule has 0 bridgehead atoms. The number of rotatable bonds is 7. The molecule has 0 aliphatic carbocycles. The van der Waals surface area contributed by atoms with Crippen molar-refractivity contribution in [3.63, 3.8) is 0 Å². The van der Waals surface area contributed by atoms with Gasteiger partial charge in [-0.25, -0.2) is 0 Å². The van der Waals surface area contributed by atoms with Gasteiger partial charge in [-0.1, -0.05) is 61.0 Å². The molecule has 0 aliphatic rings. The molecular formula is C19H24ClN. The van der Waals surface area contributed by atoms with Crippen molar-refractivity contribution in [3.8, 4) is 0 Å². The Morgan fingerprint density at radius 1 is 1.10 bits per heavy atom. The van der Waals surface area contributed by atoms with Crippen LogP contribution in [0, 0.1) is 6.92 Å². The Morgan fingerprint density at radius 2 is 1.86 bits per heavy atom. The van der Waals surface area contributed by atoms with Gasteiger partial charge in [0.25, 0.3) is 0 Å². The van der Waals surface area contributed by atoms with Crippen LogP contribution < -0.4 is 5.32 Å². The summed E-state index contributed by atoms with van der Waals surface area (Å²) in [6, 6.07) is 17.5. The smallest absolute Gasteiger partial charge is 0.0435 e. The first-order valence-corrected chi connectivity index (χ1v) is 8.12.